The number of carbonyl (C=O) groups is 1. The molecule has 4 rings (SSSR count). The molecule has 0 aliphatic carbocycles. The van der Waals surface area contributed by atoms with Gasteiger partial charge in [0.1, 0.15) is 11.0 Å². The molecule has 30 heavy (non-hydrogen) atoms. The van der Waals surface area contributed by atoms with Crippen LogP contribution in [-0.4, -0.2) is 26.2 Å². The molecule has 2 heterocycles. The lowest BCUT2D eigenvalue weighted by Crippen LogP contribution is -2.21. The molecule has 2 N–H and O–H groups in total. The number of thioether (sulfide) groups is 1. The van der Waals surface area contributed by atoms with E-state index in [2.05, 4.69) is 17.2 Å². The van der Waals surface area contributed by atoms with Crippen molar-refractivity contribution in [3.8, 4) is 11.1 Å². The Bertz CT molecular complexity index is 1260. The first kappa shape index (κ1) is 20.0. The van der Waals surface area contributed by atoms with Crippen molar-refractivity contribution >= 4 is 34.4 Å². The van der Waals surface area contributed by atoms with E-state index >= 15 is 0 Å². The van der Waals surface area contributed by atoms with E-state index in [1.165, 1.54) is 16.3 Å². The molecule has 6 nitrogen and oxygen atoms in total. The topological polar surface area (TPSA) is 79.8 Å². The minimum Gasteiger partial charge on any atom is -0.355 e. The van der Waals surface area contributed by atoms with Crippen LogP contribution in [0.3, 0.4) is 0 Å². The van der Waals surface area contributed by atoms with Crippen molar-refractivity contribution in [2.24, 2.45) is 7.05 Å². The predicted octanol–water partition coefficient (Wildman–Crippen LogP) is 4.22. The summed E-state index contributed by atoms with van der Waals surface area (Å²) in [6.45, 7) is 2.07. The summed E-state index contributed by atoms with van der Waals surface area (Å²) in [6, 6.07) is 17.6. The fraction of sp³-hybridized carbons (Fsp3) is 0.174. The summed E-state index contributed by atoms with van der Waals surface area (Å²) in [4.78, 5) is 32.9. The lowest BCUT2D eigenvalue weighted by molar-refractivity contribution is -0.113. The van der Waals surface area contributed by atoms with E-state index in [4.69, 9.17) is 4.98 Å². The van der Waals surface area contributed by atoms with Crippen molar-refractivity contribution in [1.29, 1.82) is 0 Å². The number of H-pyrrole nitrogens is 1. The van der Waals surface area contributed by atoms with Crippen LogP contribution < -0.4 is 10.9 Å². The molecule has 0 spiro atoms. The summed E-state index contributed by atoms with van der Waals surface area (Å²) >= 11 is 1.25. The third-order valence-electron chi connectivity index (χ3n) is 4.90. The normalized spacial score (nSPS) is 11.0. The number of fused-ring (bicyclic) bond motifs is 1. The minimum atomic E-state index is -0.166. The van der Waals surface area contributed by atoms with Gasteiger partial charge in [0.05, 0.1) is 5.75 Å². The third-order valence-corrected chi connectivity index (χ3v) is 5.93. The summed E-state index contributed by atoms with van der Waals surface area (Å²) in [5.41, 5.74) is 4.69. The molecule has 152 valence electrons. The fourth-order valence-corrected chi connectivity index (χ4v) is 4.05. The molecule has 7 heteroatoms. The molecule has 0 saturated heterocycles. The molecule has 0 bridgehead atoms. The maximum atomic E-state index is 12.8. The highest BCUT2D eigenvalue weighted by Crippen LogP contribution is 2.27. The van der Waals surface area contributed by atoms with Crippen LogP contribution in [0.25, 0.3) is 22.2 Å². The molecular weight excluding hydrogens is 396 g/mol. The second-order valence-corrected chi connectivity index (χ2v) is 7.88. The lowest BCUT2D eigenvalue weighted by atomic mass is 10.1. The first-order chi connectivity index (χ1) is 14.6. The zero-order valence-corrected chi connectivity index (χ0v) is 17.6. The number of nitrogens with one attached hydrogen (secondary N) is 2. The van der Waals surface area contributed by atoms with E-state index in [0.717, 1.165) is 28.8 Å². The highest BCUT2D eigenvalue weighted by atomic mass is 32.2. The molecule has 2 aromatic carbocycles. The van der Waals surface area contributed by atoms with Crippen LogP contribution >= 0.6 is 11.8 Å². The Morgan fingerprint density at radius 3 is 2.73 bits per heavy atom. The maximum Gasteiger partial charge on any atom is 0.278 e. The van der Waals surface area contributed by atoms with Gasteiger partial charge in [-0.3, -0.25) is 14.2 Å². The van der Waals surface area contributed by atoms with E-state index in [-0.39, 0.29) is 17.2 Å². The van der Waals surface area contributed by atoms with Crippen LogP contribution in [-0.2, 0) is 18.3 Å². The van der Waals surface area contributed by atoms with E-state index < -0.39 is 0 Å². The van der Waals surface area contributed by atoms with E-state index in [9.17, 15) is 9.59 Å². The van der Waals surface area contributed by atoms with Crippen LogP contribution in [0.15, 0.2) is 70.7 Å². The summed E-state index contributed by atoms with van der Waals surface area (Å²) in [5, 5.41) is 3.41. The van der Waals surface area contributed by atoms with Gasteiger partial charge in [-0.25, -0.2) is 4.98 Å². The summed E-state index contributed by atoms with van der Waals surface area (Å²) < 4.78 is 1.48. The maximum absolute atomic E-state index is 12.8. The number of hydrogen-bond donors (Lipinski definition) is 2. The quantitative estimate of drug-likeness (QED) is 0.363. The minimum absolute atomic E-state index is 0.139. The molecule has 0 aliphatic heterocycles. The second kappa shape index (κ2) is 8.59. The summed E-state index contributed by atoms with van der Waals surface area (Å²) in [6.07, 6.45) is 2.71. The van der Waals surface area contributed by atoms with Crippen molar-refractivity contribution in [2.75, 3.05) is 11.1 Å². The standard InChI is InChI=1S/C23H22N4O2S/c1-3-15-8-7-11-17(12-15)25-19(28)14-30-23-26-20-18(16-9-5-4-6-10-16)13-24-21(20)22(29)27(23)2/h4-13,24H,3,14H2,1-2H3,(H,25,28). The smallest absolute Gasteiger partial charge is 0.278 e. The number of aromatic nitrogens is 3. The number of rotatable bonds is 6. The largest absolute Gasteiger partial charge is 0.355 e. The number of hydrogen-bond acceptors (Lipinski definition) is 4. The number of benzene rings is 2. The van der Waals surface area contributed by atoms with Crippen molar-refractivity contribution in [1.82, 2.24) is 14.5 Å². The van der Waals surface area contributed by atoms with Gasteiger partial charge in [0.2, 0.25) is 5.91 Å². The van der Waals surface area contributed by atoms with Crippen LogP contribution in [0.5, 0.6) is 0 Å². The molecule has 0 radical (unpaired) electrons. The lowest BCUT2D eigenvalue weighted by Gasteiger charge is -2.09. The molecule has 0 fully saturated rings. The number of amides is 1. The molecule has 2 aromatic heterocycles. The fourth-order valence-electron chi connectivity index (χ4n) is 3.28. The predicted molar refractivity (Wildman–Crippen MR) is 122 cm³/mol. The Kier molecular flexibility index (Phi) is 5.72. The zero-order valence-electron chi connectivity index (χ0n) is 16.8. The second-order valence-electron chi connectivity index (χ2n) is 6.94. The van der Waals surface area contributed by atoms with Gasteiger partial charge in [0, 0.05) is 24.5 Å². The highest BCUT2D eigenvalue weighted by Gasteiger charge is 2.16. The number of carbonyl (C=O) groups excluding carboxylic acids is 1. The Morgan fingerprint density at radius 2 is 1.97 bits per heavy atom. The summed E-state index contributed by atoms with van der Waals surface area (Å²) in [7, 11) is 1.67. The van der Waals surface area contributed by atoms with Crippen LogP contribution in [0.2, 0.25) is 0 Å². The van der Waals surface area contributed by atoms with Crippen molar-refractivity contribution in [3.63, 3.8) is 0 Å². The molecule has 0 unspecified atom stereocenters. The van der Waals surface area contributed by atoms with Crippen LogP contribution in [0, 0.1) is 0 Å². The average Bonchev–Trinajstić information content (AvgIpc) is 3.20. The highest BCUT2D eigenvalue weighted by molar-refractivity contribution is 7.99. The Morgan fingerprint density at radius 1 is 1.17 bits per heavy atom. The van der Waals surface area contributed by atoms with Crippen molar-refractivity contribution in [3.05, 3.63) is 76.7 Å². The Balaban J connectivity index is 1.57. The van der Waals surface area contributed by atoms with Crippen LogP contribution in [0.4, 0.5) is 5.69 Å². The van der Waals surface area contributed by atoms with Gasteiger partial charge in [-0.1, -0.05) is 61.2 Å². The van der Waals surface area contributed by atoms with Gasteiger partial charge in [0.15, 0.2) is 5.16 Å². The van der Waals surface area contributed by atoms with E-state index in [1.807, 2.05) is 54.6 Å². The molecule has 0 atom stereocenters. The van der Waals surface area contributed by atoms with Crippen LogP contribution in [0.1, 0.15) is 12.5 Å². The first-order valence-corrected chi connectivity index (χ1v) is 10.7. The SMILES string of the molecule is CCc1cccc(NC(=O)CSc2nc3c(-c4ccccc4)c[nH]c3c(=O)n2C)c1. The molecule has 4 aromatic rings. The zero-order chi connectivity index (χ0) is 21.1. The molecular formula is C23H22N4O2S. The van der Waals surface area contributed by atoms with Gasteiger partial charge in [-0.15, -0.1) is 0 Å². The number of aromatic amines is 1. The third kappa shape index (κ3) is 4.02. The van der Waals surface area contributed by atoms with E-state index in [0.29, 0.717) is 16.2 Å². The molecule has 1 amide bonds. The van der Waals surface area contributed by atoms with Crippen molar-refractivity contribution in [2.45, 2.75) is 18.5 Å². The first-order valence-electron chi connectivity index (χ1n) is 9.72. The van der Waals surface area contributed by atoms with Crippen molar-refractivity contribution < 1.29 is 4.79 Å². The number of aryl methyl sites for hydroxylation is 1. The number of nitrogens with zero attached hydrogens (tertiary/aromatic N) is 2. The molecule has 0 saturated carbocycles. The summed E-state index contributed by atoms with van der Waals surface area (Å²) in [5.74, 6) is 0.0210. The van der Waals surface area contributed by atoms with Gasteiger partial charge >= 0.3 is 0 Å². The van der Waals surface area contributed by atoms with E-state index in [1.54, 1.807) is 13.2 Å². The van der Waals surface area contributed by atoms with Gasteiger partial charge in [0.25, 0.3) is 5.56 Å². The Labute approximate surface area is 178 Å². The van der Waals surface area contributed by atoms with Gasteiger partial charge < -0.3 is 10.3 Å². The monoisotopic (exact) mass is 418 g/mol. The average molecular weight is 419 g/mol. The Hall–Kier alpha value is -3.32. The molecule has 0 aliphatic rings. The number of anilines is 1. The van der Waals surface area contributed by atoms with Gasteiger partial charge in [-0.2, -0.15) is 0 Å². The van der Waals surface area contributed by atoms with Gasteiger partial charge in [-0.05, 0) is 29.7 Å².